The average Bonchev–Trinajstić information content (AvgIpc) is 2.61. The lowest BCUT2D eigenvalue weighted by Gasteiger charge is -2.51. The van der Waals surface area contributed by atoms with E-state index in [1.807, 2.05) is 0 Å². The summed E-state index contributed by atoms with van der Waals surface area (Å²) in [5, 5.41) is 8.77. The highest BCUT2D eigenvalue weighted by Crippen LogP contribution is 2.50. The van der Waals surface area contributed by atoms with Crippen LogP contribution in [0.1, 0.15) is 44.7 Å². The summed E-state index contributed by atoms with van der Waals surface area (Å²) >= 11 is 0. The summed E-state index contributed by atoms with van der Waals surface area (Å²) in [6, 6.07) is 2.76. The summed E-state index contributed by atoms with van der Waals surface area (Å²) in [6.45, 7) is 2.31. The molecule has 0 radical (unpaired) electrons. The molecule has 1 amide bonds. The molecule has 1 aliphatic heterocycles. The van der Waals surface area contributed by atoms with Crippen molar-refractivity contribution < 1.29 is 32.5 Å². The van der Waals surface area contributed by atoms with Crippen LogP contribution in [0.2, 0.25) is 0 Å². The Kier molecular flexibility index (Phi) is 5.78. The Balaban J connectivity index is 1.42. The van der Waals surface area contributed by atoms with Gasteiger partial charge in [0, 0.05) is 13.1 Å². The van der Waals surface area contributed by atoms with Crippen LogP contribution in [0.15, 0.2) is 18.3 Å². The molecule has 6 nitrogen and oxygen atoms in total. The van der Waals surface area contributed by atoms with Crippen LogP contribution in [0.25, 0.3) is 0 Å². The maximum atomic E-state index is 12.7. The van der Waals surface area contributed by atoms with E-state index in [1.54, 1.807) is 0 Å². The van der Waals surface area contributed by atoms with Crippen molar-refractivity contribution in [2.75, 3.05) is 13.1 Å². The van der Waals surface area contributed by atoms with E-state index in [1.165, 1.54) is 30.2 Å². The van der Waals surface area contributed by atoms with Crippen LogP contribution in [0.3, 0.4) is 0 Å². The molecule has 27 heavy (non-hydrogen) atoms. The number of likely N-dealkylation sites (tertiary alicyclic amines) is 1. The molecular weight excluding hydrogens is 365 g/mol. The number of aliphatic hydroxyl groups is 1. The number of carbonyl (C=O) groups is 1. The van der Waals surface area contributed by atoms with Crippen LogP contribution in [0.4, 0.5) is 18.0 Å². The van der Waals surface area contributed by atoms with Gasteiger partial charge in [-0.25, -0.2) is 18.0 Å². The van der Waals surface area contributed by atoms with E-state index in [9.17, 15) is 18.0 Å². The zero-order valence-corrected chi connectivity index (χ0v) is 15.0. The quantitative estimate of drug-likeness (QED) is 0.837. The summed E-state index contributed by atoms with van der Waals surface area (Å²) in [5.74, 6) is 0.471. The molecule has 1 aromatic heterocycles. The lowest BCUT2D eigenvalue weighted by molar-refractivity contribution is -0.0806. The fourth-order valence-electron chi connectivity index (χ4n) is 3.63. The monoisotopic (exact) mass is 388 g/mol. The number of nitrogens with zero attached hydrogens (tertiary/aromatic N) is 2. The molecule has 2 aliphatic rings. The highest BCUT2D eigenvalue weighted by Gasteiger charge is 2.48. The Morgan fingerprint density at radius 3 is 2.48 bits per heavy atom. The number of hydrogen-bond donors (Lipinski definition) is 1. The Morgan fingerprint density at radius 2 is 1.96 bits per heavy atom. The first-order chi connectivity index (χ1) is 12.8. The minimum atomic E-state index is -2.60. The summed E-state index contributed by atoms with van der Waals surface area (Å²) in [4.78, 5) is 17.2. The van der Waals surface area contributed by atoms with Gasteiger partial charge in [-0.15, -0.1) is 0 Å². The molecule has 2 unspecified atom stereocenters. The number of piperidine rings is 1. The summed E-state index contributed by atoms with van der Waals surface area (Å²) in [6.07, 6.45) is -2.06. The fraction of sp³-hybridized carbons (Fsp3) is 0.667. The van der Waals surface area contributed by atoms with Crippen LogP contribution in [-0.2, 0) is 4.74 Å². The third-order valence-corrected chi connectivity index (χ3v) is 5.36. The van der Waals surface area contributed by atoms with Crippen LogP contribution < -0.4 is 4.74 Å². The minimum Gasteiger partial charge on any atom is -0.489 e. The van der Waals surface area contributed by atoms with Crippen molar-refractivity contribution >= 4 is 6.09 Å². The van der Waals surface area contributed by atoms with Crippen LogP contribution >= 0.6 is 0 Å². The van der Waals surface area contributed by atoms with Gasteiger partial charge >= 0.3 is 6.09 Å². The zero-order valence-electron chi connectivity index (χ0n) is 15.0. The number of alkyl halides is 3. The molecule has 150 valence electrons. The van der Waals surface area contributed by atoms with Gasteiger partial charge in [0.1, 0.15) is 11.4 Å². The number of aromatic nitrogens is 1. The molecule has 1 saturated carbocycles. The predicted molar refractivity (Wildman–Crippen MR) is 89.1 cm³/mol. The number of rotatable bonds is 5. The molecule has 1 N–H and O–H groups in total. The van der Waals surface area contributed by atoms with Crippen molar-refractivity contribution in [3.63, 3.8) is 0 Å². The number of ether oxygens (including phenoxy) is 2. The van der Waals surface area contributed by atoms with Crippen molar-refractivity contribution in [2.24, 2.45) is 5.41 Å². The molecule has 0 aromatic carbocycles. The molecule has 1 saturated heterocycles. The number of amides is 1. The van der Waals surface area contributed by atoms with E-state index < -0.39 is 25.0 Å². The maximum Gasteiger partial charge on any atom is 0.410 e. The fourth-order valence-corrected chi connectivity index (χ4v) is 3.63. The smallest absolute Gasteiger partial charge is 0.410 e. The van der Waals surface area contributed by atoms with Gasteiger partial charge in [-0.2, -0.15) is 0 Å². The molecule has 9 heteroatoms. The molecule has 0 bridgehead atoms. The van der Waals surface area contributed by atoms with E-state index in [2.05, 4.69) is 4.98 Å². The predicted octanol–water partition coefficient (Wildman–Crippen LogP) is 3.46. The van der Waals surface area contributed by atoms with E-state index in [4.69, 9.17) is 14.6 Å². The van der Waals surface area contributed by atoms with E-state index in [0.29, 0.717) is 18.8 Å². The van der Waals surface area contributed by atoms with Crippen LogP contribution in [-0.4, -0.2) is 52.7 Å². The number of hydrogen-bond acceptors (Lipinski definition) is 5. The SMILES string of the molecule is CC(OC(=O)N1CCC2(CC1)CC(Oc1ccc(C(F)F)nc1)C2)C(O)F. The number of pyridine rings is 1. The molecule has 1 aliphatic carbocycles. The van der Waals surface area contributed by atoms with E-state index in [-0.39, 0.29) is 17.2 Å². The zero-order chi connectivity index (χ0) is 19.6. The van der Waals surface area contributed by atoms with Gasteiger partial charge in [-0.3, -0.25) is 4.98 Å². The topological polar surface area (TPSA) is 71.9 Å². The minimum absolute atomic E-state index is 0.00408. The van der Waals surface area contributed by atoms with Gasteiger partial charge < -0.3 is 19.5 Å². The molecular formula is C18H23F3N2O4. The number of aliphatic hydroxyl groups excluding tert-OH is 1. The van der Waals surface area contributed by atoms with E-state index >= 15 is 0 Å². The first-order valence-corrected chi connectivity index (χ1v) is 8.96. The lowest BCUT2D eigenvalue weighted by atomic mass is 9.61. The lowest BCUT2D eigenvalue weighted by Crippen LogP contribution is -2.52. The van der Waals surface area contributed by atoms with Gasteiger partial charge in [0.2, 0.25) is 6.36 Å². The Morgan fingerprint density at radius 1 is 1.30 bits per heavy atom. The second-order valence-corrected chi connectivity index (χ2v) is 7.32. The van der Waals surface area contributed by atoms with Crippen molar-refractivity contribution in [1.82, 2.24) is 9.88 Å². The Labute approximate surface area is 155 Å². The van der Waals surface area contributed by atoms with Crippen molar-refractivity contribution in [2.45, 2.75) is 57.6 Å². The molecule has 1 spiro atoms. The largest absolute Gasteiger partial charge is 0.489 e. The molecule has 2 atom stereocenters. The van der Waals surface area contributed by atoms with E-state index in [0.717, 1.165) is 25.7 Å². The normalized spacial score (nSPS) is 21.6. The summed E-state index contributed by atoms with van der Waals surface area (Å²) < 4.78 is 48.4. The second-order valence-electron chi connectivity index (χ2n) is 7.32. The average molecular weight is 388 g/mol. The first-order valence-electron chi connectivity index (χ1n) is 8.96. The Bertz CT molecular complexity index is 641. The third-order valence-electron chi connectivity index (χ3n) is 5.36. The molecule has 2 heterocycles. The summed E-state index contributed by atoms with van der Waals surface area (Å²) in [7, 11) is 0. The third kappa shape index (κ3) is 4.63. The number of carbonyl (C=O) groups excluding carboxylic acids is 1. The highest BCUT2D eigenvalue weighted by molar-refractivity contribution is 5.68. The highest BCUT2D eigenvalue weighted by atomic mass is 19.3. The molecule has 3 rings (SSSR count). The second kappa shape index (κ2) is 7.92. The maximum absolute atomic E-state index is 12.7. The first kappa shape index (κ1) is 19.7. The molecule has 2 fully saturated rings. The van der Waals surface area contributed by atoms with Gasteiger partial charge in [0.15, 0.2) is 6.10 Å². The Hall–Kier alpha value is -2.03. The van der Waals surface area contributed by atoms with Gasteiger partial charge in [-0.05, 0) is 50.2 Å². The van der Waals surface area contributed by atoms with Crippen molar-refractivity contribution in [3.05, 3.63) is 24.0 Å². The van der Waals surface area contributed by atoms with Crippen LogP contribution in [0.5, 0.6) is 5.75 Å². The van der Waals surface area contributed by atoms with Gasteiger partial charge in [-0.1, -0.05) is 0 Å². The van der Waals surface area contributed by atoms with Crippen LogP contribution in [0, 0.1) is 5.41 Å². The number of halogens is 3. The van der Waals surface area contributed by atoms with Crippen molar-refractivity contribution in [3.8, 4) is 5.75 Å². The standard InChI is InChI=1S/C18H23F3N2O4/c1-11(16(21)24)26-17(25)23-6-4-18(5-7-23)8-13(9-18)27-12-2-3-14(15(19)20)22-10-12/h2-3,10-11,13,15-16,24H,4-9H2,1H3. The van der Waals surface area contributed by atoms with Gasteiger partial charge in [0.05, 0.1) is 12.3 Å². The van der Waals surface area contributed by atoms with Crippen molar-refractivity contribution in [1.29, 1.82) is 0 Å². The van der Waals surface area contributed by atoms with Gasteiger partial charge in [0.25, 0.3) is 6.43 Å². The molecule has 1 aromatic rings. The summed E-state index contributed by atoms with van der Waals surface area (Å²) in [5.41, 5.74) is -0.176.